The third kappa shape index (κ3) is 6.97. The van der Waals surface area contributed by atoms with Crippen molar-refractivity contribution in [2.45, 2.75) is 84.0 Å². The van der Waals surface area contributed by atoms with Crippen molar-refractivity contribution in [3.05, 3.63) is 251 Å². The number of nitrogens with zero attached hydrogens (tertiary/aromatic N) is 2. The lowest BCUT2D eigenvalue weighted by Crippen LogP contribution is -2.26. The zero-order valence-corrected chi connectivity index (χ0v) is 45.4. The van der Waals surface area contributed by atoms with E-state index in [4.69, 9.17) is 8.83 Å². The molecule has 0 radical (unpaired) electrons. The van der Waals surface area contributed by atoms with E-state index in [0.29, 0.717) is 0 Å². The maximum absolute atomic E-state index is 7.52. The molecule has 2 aliphatic rings. The van der Waals surface area contributed by atoms with Crippen LogP contribution in [-0.2, 0) is 21.7 Å². The normalized spacial score (nSPS) is 13.6. The third-order valence-corrected chi connectivity index (χ3v) is 16.7. The molecule has 2 aliphatic carbocycles. The number of hydrogen-bond donors (Lipinski definition) is 0. The zero-order valence-electron chi connectivity index (χ0n) is 45.4. The lowest BCUT2D eigenvalue weighted by molar-refractivity contribution is 0.590. The van der Waals surface area contributed by atoms with E-state index in [1.54, 1.807) is 0 Å². The number of hydrogen-bond acceptors (Lipinski definition) is 4. The average Bonchev–Trinajstić information content (AvgIpc) is 3.93. The number of anilines is 6. The third-order valence-electron chi connectivity index (χ3n) is 16.7. The number of benzene rings is 10. The molecule has 4 nitrogen and oxygen atoms in total. The van der Waals surface area contributed by atoms with E-state index in [0.717, 1.165) is 89.1 Å². The van der Waals surface area contributed by atoms with E-state index in [-0.39, 0.29) is 16.2 Å². The molecule has 77 heavy (non-hydrogen) atoms. The van der Waals surface area contributed by atoms with Crippen molar-refractivity contribution in [1.29, 1.82) is 0 Å². The van der Waals surface area contributed by atoms with Crippen LogP contribution in [0.2, 0.25) is 0 Å². The van der Waals surface area contributed by atoms with Gasteiger partial charge in [0.1, 0.15) is 16.7 Å². The van der Waals surface area contributed by atoms with Gasteiger partial charge in [0.2, 0.25) is 0 Å². The van der Waals surface area contributed by atoms with Gasteiger partial charge in [0.05, 0.1) is 22.2 Å². The molecule has 10 aromatic carbocycles. The maximum Gasteiger partial charge on any atom is 0.160 e. The highest BCUT2D eigenvalue weighted by atomic mass is 16.3. The Morgan fingerprint density at radius 1 is 0.325 bits per heavy atom. The summed E-state index contributed by atoms with van der Waals surface area (Å²) in [5.74, 6) is 0. The highest BCUT2D eigenvalue weighted by molar-refractivity contribution is 6.26. The first kappa shape index (κ1) is 46.9. The second-order valence-corrected chi connectivity index (χ2v) is 24.5. The van der Waals surface area contributed by atoms with Gasteiger partial charge < -0.3 is 18.6 Å². The van der Waals surface area contributed by atoms with Crippen molar-refractivity contribution in [1.82, 2.24) is 0 Å². The summed E-state index contributed by atoms with van der Waals surface area (Å²) in [5.41, 5.74) is 22.2. The molecule has 0 unspecified atom stereocenters. The van der Waals surface area contributed by atoms with E-state index in [2.05, 4.69) is 284 Å². The smallest absolute Gasteiger partial charge is 0.160 e. The Morgan fingerprint density at radius 3 is 1.19 bits per heavy atom. The van der Waals surface area contributed by atoms with E-state index in [1.165, 1.54) is 50.1 Å². The predicted molar refractivity (Wildman–Crippen MR) is 323 cm³/mol. The summed E-state index contributed by atoms with van der Waals surface area (Å²) < 4.78 is 14.9. The first-order valence-electron chi connectivity index (χ1n) is 27.2. The number of para-hydroxylation sites is 3. The quantitative estimate of drug-likeness (QED) is 0.166. The summed E-state index contributed by atoms with van der Waals surface area (Å²) in [7, 11) is 0. The second-order valence-electron chi connectivity index (χ2n) is 24.5. The minimum atomic E-state index is -0.794. The molecule has 2 heterocycles. The lowest BCUT2D eigenvalue weighted by Gasteiger charge is -2.33. The van der Waals surface area contributed by atoms with Crippen molar-refractivity contribution in [2.24, 2.45) is 0 Å². The molecular formula is C73H62N2O2. The van der Waals surface area contributed by atoms with Crippen LogP contribution in [0, 0.1) is 0 Å². The Bertz CT molecular complexity index is 4200. The molecular weight excluding hydrogens is 937 g/mol. The summed E-state index contributed by atoms with van der Waals surface area (Å²) in [6.45, 7) is 20.5. The summed E-state index contributed by atoms with van der Waals surface area (Å²) in [4.78, 5) is 4.90. The molecule has 0 amide bonds. The summed E-state index contributed by atoms with van der Waals surface area (Å²) in [5, 5.41) is 4.27. The topological polar surface area (TPSA) is 32.8 Å². The first-order chi connectivity index (χ1) is 37.1. The van der Waals surface area contributed by atoms with Gasteiger partial charge in [-0.3, -0.25) is 0 Å². The summed E-state index contributed by atoms with van der Waals surface area (Å²) >= 11 is 0. The van der Waals surface area contributed by atoms with Crippen molar-refractivity contribution >= 4 is 78.0 Å². The standard InChI is InChI=1S/C73H62N2O2/c1-70(2,3)45-31-37-49(38-32-45)74(48-21-11-10-12-22-48)60-43-59-67(69-64(60)54-25-15-19-29-62(54)77-69)66-58(73(59)56-27-17-13-23-52(56)53-24-14-18-28-57(53)73)44-61(68-65(66)55-26-16-20-30-63(55)76-68)75(50-39-33-46(34-40-50)71(4,5)6)51-41-35-47(36-42-51)72(7,8)9/h10-44H,1-9H3. The van der Waals surface area contributed by atoms with Gasteiger partial charge in [-0.2, -0.15) is 0 Å². The Morgan fingerprint density at radius 2 is 0.701 bits per heavy atom. The summed E-state index contributed by atoms with van der Waals surface area (Å²) in [6, 6.07) is 78.9. The largest absolute Gasteiger partial charge is 0.455 e. The van der Waals surface area contributed by atoms with Gasteiger partial charge in [0.15, 0.2) is 5.58 Å². The monoisotopic (exact) mass is 998 g/mol. The fourth-order valence-electron chi connectivity index (χ4n) is 12.9. The molecule has 4 heteroatoms. The summed E-state index contributed by atoms with van der Waals surface area (Å²) in [6.07, 6.45) is 0. The molecule has 12 aromatic rings. The molecule has 0 fully saturated rings. The maximum atomic E-state index is 7.52. The predicted octanol–water partition coefficient (Wildman–Crippen LogP) is 20.7. The number of rotatable bonds is 6. The van der Waals surface area contributed by atoms with Crippen LogP contribution in [-0.4, -0.2) is 0 Å². The molecule has 1 spiro atoms. The van der Waals surface area contributed by atoms with E-state index in [9.17, 15) is 0 Å². The highest BCUT2D eigenvalue weighted by Gasteiger charge is 2.54. The molecule has 0 N–H and O–H groups in total. The minimum absolute atomic E-state index is 0.0120. The van der Waals surface area contributed by atoms with Gasteiger partial charge in [-0.25, -0.2) is 0 Å². The fraction of sp³-hybridized carbons (Fsp3) is 0.178. The number of fused-ring (bicyclic) bond motifs is 18. The van der Waals surface area contributed by atoms with Gasteiger partial charge in [0, 0.05) is 50.0 Å². The van der Waals surface area contributed by atoms with Crippen molar-refractivity contribution in [3.8, 4) is 22.3 Å². The van der Waals surface area contributed by atoms with Crippen LogP contribution in [0.3, 0.4) is 0 Å². The van der Waals surface area contributed by atoms with Gasteiger partial charge in [-0.1, -0.05) is 202 Å². The van der Waals surface area contributed by atoms with Crippen LogP contribution in [0.1, 0.15) is 101 Å². The van der Waals surface area contributed by atoms with E-state index < -0.39 is 5.41 Å². The van der Waals surface area contributed by atoms with Crippen molar-refractivity contribution < 1.29 is 8.83 Å². The van der Waals surface area contributed by atoms with E-state index in [1.807, 2.05) is 0 Å². The Kier molecular flexibility index (Phi) is 10.2. The van der Waals surface area contributed by atoms with Gasteiger partial charge >= 0.3 is 0 Å². The van der Waals surface area contributed by atoms with Crippen molar-refractivity contribution in [3.63, 3.8) is 0 Å². The SMILES string of the molecule is CC(C)(C)c1ccc(N(c2ccc(C(C)(C)C)cc2)c2cc3c(c4c2oc2ccccc24)-c2c(cc(N(c4ccccc4)c4ccc(C(C)(C)C)cc4)c4c2oc2ccccc24)C32c3ccccc3-c3ccccc32)cc1. The van der Waals surface area contributed by atoms with Crippen LogP contribution in [0.25, 0.3) is 66.1 Å². The molecule has 0 bridgehead atoms. The van der Waals surface area contributed by atoms with Crippen LogP contribution in [0.4, 0.5) is 34.1 Å². The second kappa shape index (κ2) is 16.7. The van der Waals surface area contributed by atoms with Crippen LogP contribution >= 0.6 is 0 Å². The lowest BCUT2D eigenvalue weighted by atomic mass is 9.70. The number of furan rings is 2. The average molecular weight is 999 g/mol. The van der Waals surface area contributed by atoms with Crippen LogP contribution < -0.4 is 9.80 Å². The molecule has 2 aromatic heterocycles. The Hall–Kier alpha value is -8.60. The van der Waals surface area contributed by atoms with Crippen molar-refractivity contribution in [2.75, 3.05) is 9.80 Å². The molecule has 0 saturated carbocycles. The fourth-order valence-corrected chi connectivity index (χ4v) is 12.9. The van der Waals surface area contributed by atoms with Gasteiger partial charge in [0.25, 0.3) is 0 Å². The minimum Gasteiger partial charge on any atom is -0.455 e. The van der Waals surface area contributed by atoms with Gasteiger partial charge in [-0.05, 0) is 139 Å². The highest BCUT2D eigenvalue weighted by Crippen LogP contribution is 2.68. The Balaban J connectivity index is 1.17. The van der Waals surface area contributed by atoms with Crippen LogP contribution in [0.15, 0.2) is 221 Å². The van der Waals surface area contributed by atoms with Gasteiger partial charge in [-0.15, -0.1) is 0 Å². The van der Waals surface area contributed by atoms with Crippen LogP contribution in [0.5, 0.6) is 0 Å². The molecule has 0 atom stereocenters. The van der Waals surface area contributed by atoms with E-state index >= 15 is 0 Å². The molecule has 0 aliphatic heterocycles. The molecule has 14 rings (SSSR count). The molecule has 0 saturated heterocycles. The molecule has 376 valence electrons. The zero-order chi connectivity index (χ0) is 52.8. The first-order valence-corrected chi connectivity index (χ1v) is 27.2. The Labute approximate surface area is 451 Å².